The summed E-state index contributed by atoms with van der Waals surface area (Å²) in [6.45, 7) is 2.06. The minimum atomic E-state index is -0.134. The van der Waals surface area contributed by atoms with Gasteiger partial charge in [-0.05, 0) is 43.7 Å². The average Bonchev–Trinajstić information content (AvgIpc) is 2.17. The second-order valence-corrected chi connectivity index (χ2v) is 4.12. The average molecular weight is 204 g/mol. The molecular formula is C12H16N2O. The van der Waals surface area contributed by atoms with Crippen LogP contribution in [0.25, 0.3) is 6.08 Å². The first-order chi connectivity index (χ1) is 7.20. The Kier molecular flexibility index (Phi) is 2.73. The third-order valence-corrected chi connectivity index (χ3v) is 2.92. The predicted molar refractivity (Wildman–Crippen MR) is 60.2 cm³/mol. The van der Waals surface area contributed by atoms with Crippen molar-refractivity contribution in [2.45, 2.75) is 31.8 Å². The van der Waals surface area contributed by atoms with Crippen molar-refractivity contribution < 1.29 is 5.11 Å². The largest absolute Gasteiger partial charge is 0.405 e. The van der Waals surface area contributed by atoms with Gasteiger partial charge in [0.15, 0.2) is 0 Å². The highest BCUT2D eigenvalue weighted by Gasteiger charge is 2.30. The van der Waals surface area contributed by atoms with Crippen LogP contribution in [0.5, 0.6) is 0 Å². The summed E-state index contributed by atoms with van der Waals surface area (Å²) in [4.78, 5) is 4.54. The van der Waals surface area contributed by atoms with Crippen molar-refractivity contribution in [1.29, 1.82) is 0 Å². The lowest BCUT2D eigenvalue weighted by atomic mass is 9.78. The smallest absolute Gasteiger partial charge is 0.0647 e. The van der Waals surface area contributed by atoms with Crippen molar-refractivity contribution in [2.75, 3.05) is 0 Å². The van der Waals surface area contributed by atoms with Crippen LogP contribution in [0.4, 0.5) is 0 Å². The fourth-order valence-electron chi connectivity index (χ4n) is 1.98. The maximum absolute atomic E-state index is 9.28. The summed E-state index contributed by atoms with van der Waals surface area (Å²) in [6, 6.07) is 4.01. The minimum absolute atomic E-state index is 0.134. The molecule has 0 unspecified atom stereocenters. The van der Waals surface area contributed by atoms with Crippen molar-refractivity contribution >= 4 is 6.08 Å². The molecule has 2 rings (SSSR count). The van der Waals surface area contributed by atoms with E-state index < -0.39 is 0 Å². The fourth-order valence-corrected chi connectivity index (χ4v) is 1.98. The third kappa shape index (κ3) is 2.02. The Morgan fingerprint density at radius 1 is 1.47 bits per heavy atom. The number of hydrogen-bond acceptors (Lipinski definition) is 3. The van der Waals surface area contributed by atoms with Crippen LogP contribution >= 0.6 is 0 Å². The van der Waals surface area contributed by atoms with Gasteiger partial charge >= 0.3 is 0 Å². The lowest BCUT2D eigenvalue weighted by Crippen LogP contribution is -2.27. The molecule has 0 aromatic carbocycles. The van der Waals surface area contributed by atoms with E-state index in [0.29, 0.717) is 5.92 Å². The second-order valence-electron chi connectivity index (χ2n) is 4.12. The van der Waals surface area contributed by atoms with Crippen LogP contribution in [0.3, 0.4) is 0 Å². The monoisotopic (exact) mass is 204 g/mol. The Balaban J connectivity index is 2.25. The van der Waals surface area contributed by atoms with Gasteiger partial charge in [0.25, 0.3) is 0 Å². The molecule has 0 saturated heterocycles. The summed E-state index contributed by atoms with van der Waals surface area (Å²) in [5.41, 5.74) is 8.52. The van der Waals surface area contributed by atoms with Crippen molar-refractivity contribution in [1.82, 2.24) is 4.98 Å². The molecule has 3 N–H and O–H groups in total. The van der Waals surface area contributed by atoms with Gasteiger partial charge < -0.3 is 10.8 Å². The van der Waals surface area contributed by atoms with Gasteiger partial charge in [-0.15, -0.1) is 0 Å². The molecule has 0 amide bonds. The number of aliphatic hydroxyl groups is 1. The van der Waals surface area contributed by atoms with Crippen molar-refractivity contribution in [3.63, 3.8) is 0 Å². The van der Waals surface area contributed by atoms with Gasteiger partial charge in [-0.3, -0.25) is 4.98 Å². The van der Waals surface area contributed by atoms with Crippen LogP contribution < -0.4 is 5.73 Å². The highest BCUT2D eigenvalue weighted by Crippen LogP contribution is 2.37. The summed E-state index contributed by atoms with van der Waals surface area (Å²) < 4.78 is 0. The molecule has 0 aliphatic heterocycles. The van der Waals surface area contributed by atoms with E-state index in [2.05, 4.69) is 18.0 Å². The molecule has 0 atom stereocenters. The van der Waals surface area contributed by atoms with Crippen LogP contribution in [0.2, 0.25) is 0 Å². The van der Waals surface area contributed by atoms with Crippen LogP contribution in [-0.4, -0.2) is 16.2 Å². The first-order valence-electron chi connectivity index (χ1n) is 5.24. The molecular weight excluding hydrogens is 188 g/mol. The Morgan fingerprint density at radius 2 is 2.20 bits per heavy atom. The molecule has 15 heavy (non-hydrogen) atoms. The van der Waals surface area contributed by atoms with Gasteiger partial charge in [-0.2, -0.15) is 0 Å². The van der Waals surface area contributed by atoms with Gasteiger partial charge in [-0.1, -0.05) is 6.07 Å². The van der Waals surface area contributed by atoms with Crippen LogP contribution in [0, 0.1) is 6.92 Å². The molecule has 80 valence electrons. The number of hydrogen-bond donors (Lipinski definition) is 2. The van der Waals surface area contributed by atoms with E-state index in [0.717, 1.165) is 24.2 Å². The Bertz CT molecular complexity index is 381. The molecule has 1 fully saturated rings. The third-order valence-electron chi connectivity index (χ3n) is 2.92. The number of rotatable bonds is 2. The number of aliphatic hydroxyl groups excluding tert-OH is 1. The highest BCUT2D eigenvalue weighted by atomic mass is 16.3. The molecule has 3 nitrogen and oxygen atoms in total. The quantitative estimate of drug-likeness (QED) is 0.768. The standard InChI is InChI=1S/C12H16N2O/c1-8-2-3-10(4-5-13)14-12(8)9-6-11(15)7-9/h2-5,9,11,15H,6-7,13H2,1H3/b5-4-. The molecule has 0 spiro atoms. The molecule has 1 aliphatic rings. The molecule has 0 radical (unpaired) electrons. The van der Waals surface area contributed by atoms with E-state index in [9.17, 15) is 5.11 Å². The molecule has 1 aromatic rings. The van der Waals surface area contributed by atoms with E-state index >= 15 is 0 Å². The number of aryl methyl sites for hydroxylation is 1. The van der Waals surface area contributed by atoms with Gasteiger partial charge in [0.05, 0.1) is 11.8 Å². The Hall–Kier alpha value is -1.35. The number of pyridine rings is 1. The van der Waals surface area contributed by atoms with Gasteiger partial charge in [0.1, 0.15) is 0 Å². The van der Waals surface area contributed by atoms with Gasteiger partial charge in [0, 0.05) is 11.6 Å². The zero-order valence-electron chi connectivity index (χ0n) is 8.85. The molecule has 3 heteroatoms. The molecule has 1 aliphatic carbocycles. The maximum atomic E-state index is 9.28. The molecule has 1 heterocycles. The highest BCUT2D eigenvalue weighted by molar-refractivity contribution is 5.45. The molecule has 1 aromatic heterocycles. The van der Waals surface area contributed by atoms with E-state index in [1.807, 2.05) is 6.07 Å². The number of nitrogens with zero attached hydrogens (tertiary/aromatic N) is 1. The van der Waals surface area contributed by atoms with Crippen LogP contribution in [0.15, 0.2) is 18.3 Å². The van der Waals surface area contributed by atoms with E-state index in [4.69, 9.17) is 5.73 Å². The van der Waals surface area contributed by atoms with Crippen molar-refractivity contribution in [2.24, 2.45) is 5.73 Å². The van der Waals surface area contributed by atoms with Crippen LogP contribution in [-0.2, 0) is 0 Å². The number of aromatic nitrogens is 1. The summed E-state index contributed by atoms with van der Waals surface area (Å²) in [7, 11) is 0. The summed E-state index contributed by atoms with van der Waals surface area (Å²) >= 11 is 0. The predicted octanol–water partition coefficient (Wildman–Crippen LogP) is 1.56. The minimum Gasteiger partial charge on any atom is -0.405 e. The normalized spacial score (nSPS) is 25.5. The summed E-state index contributed by atoms with van der Waals surface area (Å²) in [5, 5.41) is 9.28. The zero-order chi connectivity index (χ0) is 10.8. The second kappa shape index (κ2) is 4.03. The summed E-state index contributed by atoms with van der Waals surface area (Å²) in [5.74, 6) is 0.422. The van der Waals surface area contributed by atoms with E-state index in [1.165, 1.54) is 11.8 Å². The Morgan fingerprint density at radius 3 is 2.80 bits per heavy atom. The first kappa shape index (κ1) is 10.2. The lowest BCUT2D eigenvalue weighted by molar-refractivity contribution is 0.0730. The fraction of sp³-hybridized carbons (Fsp3) is 0.417. The lowest BCUT2D eigenvalue weighted by Gasteiger charge is -2.31. The number of nitrogens with two attached hydrogens (primary N) is 1. The van der Waals surface area contributed by atoms with Gasteiger partial charge in [0.2, 0.25) is 0 Å². The Labute approximate surface area is 89.6 Å². The topological polar surface area (TPSA) is 59.1 Å². The maximum Gasteiger partial charge on any atom is 0.0647 e. The van der Waals surface area contributed by atoms with Crippen molar-refractivity contribution in [3.8, 4) is 0 Å². The summed E-state index contributed by atoms with van der Waals surface area (Å²) in [6.07, 6.45) is 4.83. The molecule has 0 bridgehead atoms. The van der Waals surface area contributed by atoms with E-state index in [1.54, 1.807) is 6.08 Å². The van der Waals surface area contributed by atoms with E-state index in [-0.39, 0.29) is 6.10 Å². The van der Waals surface area contributed by atoms with Crippen LogP contribution in [0.1, 0.15) is 35.7 Å². The molecule has 1 saturated carbocycles. The zero-order valence-corrected chi connectivity index (χ0v) is 8.85. The SMILES string of the molecule is Cc1ccc(/C=C\N)nc1C1CC(O)C1. The van der Waals surface area contributed by atoms with Gasteiger partial charge in [-0.25, -0.2) is 0 Å². The first-order valence-corrected chi connectivity index (χ1v) is 5.24. The van der Waals surface area contributed by atoms with Crippen molar-refractivity contribution in [3.05, 3.63) is 35.3 Å².